The summed E-state index contributed by atoms with van der Waals surface area (Å²) in [6, 6.07) is 16.7. The average molecular weight is 502 g/mol. The average Bonchev–Trinajstić information content (AvgIpc) is 3.45. The van der Waals surface area contributed by atoms with Crippen molar-refractivity contribution in [2.75, 3.05) is 25.0 Å². The number of anilines is 1. The molecule has 0 atom stereocenters. The van der Waals surface area contributed by atoms with Crippen LogP contribution in [0.15, 0.2) is 68.9 Å². The minimum atomic E-state index is -0.967. The normalized spacial score (nSPS) is 18.4. The Morgan fingerprint density at radius 2 is 1.81 bits per heavy atom. The van der Waals surface area contributed by atoms with Crippen LogP contribution in [-0.4, -0.2) is 47.2 Å². The summed E-state index contributed by atoms with van der Waals surface area (Å²) >= 11 is 1.31. The first-order valence-corrected chi connectivity index (χ1v) is 12.8. The fourth-order valence-corrected chi connectivity index (χ4v) is 5.40. The molecular weight excluding hydrogens is 474 g/mol. The highest BCUT2D eigenvalue weighted by Crippen LogP contribution is 2.35. The first kappa shape index (κ1) is 23.9. The van der Waals surface area contributed by atoms with Crippen LogP contribution >= 0.6 is 11.8 Å². The minimum absolute atomic E-state index is 0.136. The van der Waals surface area contributed by atoms with Crippen LogP contribution in [0.2, 0.25) is 0 Å². The number of amidine groups is 1. The van der Waals surface area contributed by atoms with E-state index in [1.165, 1.54) is 36.7 Å². The highest BCUT2D eigenvalue weighted by atomic mass is 32.2. The number of likely N-dealkylation sites (N-methyl/N-ethyl adjacent to an activating group) is 1. The third-order valence-corrected chi connectivity index (χ3v) is 7.50. The summed E-state index contributed by atoms with van der Waals surface area (Å²) in [7, 11) is 1.72. The van der Waals surface area contributed by atoms with E-state index in [0.717, 1.165) is 29.9 Å². The molecule has 5 rings (SSSR count). The van der Waals surface area contributed by atoms with Gasteiger partial charge in [-0.2, -0.15) is 0 Å². The van der Waals surface area contributed by atoms with Gasteiger partial charge in [-0.05, 0) is 92.0 Å². The van der Waals surface area contributed by atoms with E-state index in [2.05, 4.69) is 17.0 Å². The van der Waals surface area contributed by atoms with Crippen molar-refractivity contribution in [1.82, 2.24) is 4.90 Å². The molecule has 8 heteroatoms. The Morgan fingerprint density at radius 1 is 1.06 bits per heavy atom. The van der Waals surface area contributed by atoms with Gasteiger partial charge in [0.25, 0.3) is 5.91 Å². The van der Waals surface area contributed by atoms with Gasteiger partial charge in [-0.15, -0.1) is 0 Å². The number of carboxylic acids is 1. The van der Waals surface area contributed by atoms with Crippen molar-refractivity contribution in [3.05, 3.63) is 76.4 Å². The second-order valence-electron chi connectivity index (χ2n) is 8.97. The maximum Gasteiger partial charge on any atom is 0.335 e. The summed E-state index contributed by atoms with van der Waals surface area (Å²) in [4.78, 5) is 33.2. The summed E-state index contributed by atoms with van der Waals surface area (Å²) in [5, 5.41) is 9.79. The Hall–Kier alpha value is -3.78. The van der Waals surface area contributed by atoms with Gasteiger partial charge in [-0.25, -0.2) is 9.79 Å². The fourth-order valence-electron chi connectivity index (χ4n) is 4.43. The molecular formula is C28H27N3O4S. The lowest BCUT2D eigenvalue weighted by molar-refractivity contribution is -0.121. The molecule has 2 aromatic carbocycles. The summed E-state index contributed by atoms with van der Waals surface area (Å²) in [5.41, 5.74) is 3.86. The SMILES string of the molecule is Cc1cc(C(=O)O)ccc1-c1ccc(/C=C2\SC(=Nc3ccc(N4CCCCC4)cc3)N(C)C2=O)o1. The van der Waals surface area contributed by atoms with Gasteiger partial charge in [0, 0.05) is 37.5 Å². The van der Waals surface area contributed by atoms with E-state index >= 15 is 0 Å². The lowest BCUT2D eigenvalue weighted by Crippen LogP contribution is -2.29. The molecule has 1 aromatic heterocycles. The number of amides is 1. The highest BCUT2D eigenvalue weighted by molar-refractivity contribution is 8.18. The molecule has 1 amide bonds. The number of carboxylic acid groups (broad SMARTS) is 1. The zero-order valence-electron chi connectivity index (χ0n) is 20.2. The van der Waals surface area contributed by atoms with Crippen molar-refractivity contribution in [3.63, 3.8) is 0 Å². The number of hydrogen-bond acceptors (Lipinski definition) is 6. The number of aromatic carboxylic acids is 1. The van der Waals surface area contributed by atoms with Gasteiger partial charge in [0.05, 0.1) is 16.2 Å². The van der Waals surface area contributed by atoms with Gasteiger partial charge in [-0.1, -0.05) is 6.07 Å². The third-order valence-electron chi connectivity index (χ3n) is 6.44. The molecule has 2 saturated heterocycles. The molecule has 0 saturated carbocycles. The number of aliphatic imine (C=N–C) groups is 1. The molecule has 3 heterocycles. The number of hydrogen-bond donors (Lipinski definition) is 1. The largest absolute Gasteiger partial charge is 0.478 e. The van der Waals surface area contributed by atoms with Gasteiger partial charge >= 0.3 is 5.97 Å². The standard InChI is InChI=1S/C28H27N3O4S/c1-18-16-19(27(33)34)6-12-23(18)24-13-11-22(35-24)17-25-26(32)30(2)28(36-25)29-20-7-9-21(10-8-20)31-14-4-3-5-15-31/h6-13,16-17H,3-5,14-15H2,1-2H3,(H,33,34)/b25-17-,29-28?. The second kappa shape index (κ2) is 10.1. The van der Waals surface area contributed by atoms with Crippen molar-refractivity contribution in [3.8, 4) is 11.3 Å². The maximum atomic E-state index is 12.9. The van der Waals surface area contributed by atoms with E-state index in [1.54, 1.807) is 42.3 Å². The lowest BCUT2D eigenvalue weighted by Gasteiger charge is -2.28. The first-order chi connectivity index (χ1) is 17.4. The Labute approximate surface area is 214 Å². The van der Waals surface area contributed by atoms with Crippen molar-refractivity contribution in [2.45, 2.75) is 26.2 Å². The number of carbonyl (C=O) groups excluding carboxylic acids is 1. The zero-order chi connectivity index (χ0) is 25.2. The van der Waals surface area contributed by atoms with Gasteiger partial charge in [-0.3, -0.25) is 9.69 Å². The number of thioether (sulfide) groups is 1. The van der Waals surface area contributed by atoms with Crippen molar-refractivity contribution in [1.29, 1.82) is 0 Å². The molecule has 2 fully saturated rings. The van der Waals surface area contributed by atoms with Crippen molar-refractivity contribution >= 4 is 46.3 Å². The van der Waals surface area contributed by atoms with Gasteiger partial charge in [0.15, 0.2) is 5.17 Å². The number of rotatable bonds is 5. The number of aryl methyl sites for hydroxylation is 1. The van der Waals surface area contributed by atoms with Crippen molar-refractivity contribution in [2.24, 2.45) is 4.99 Å². The number of benzene rings is 2. The molecule has 2 aliphatic rings. The van der Waals surface area contributed by atoms with Gasteiger partial charge in [0.1, 0.15) is 11.5 Å². The molecule has 0 aliphatic carbocycles. The smallest absolute Gasteiger partial charge is 0.335 e. The molecule has 7 nitrogen and oxygen atoms in total. The van der Waals surface area contributed by atoms with Crippen LogP contribution in [0.3, 0.4) is 0 Å². The highest BCUT2D eigenvalue weighted by Gasteiger charge is 2.30. The van der Waals surface area contributed by atoms with Crippen LogP contribution < -0.4 is 4.90 Å². The Morgan fingerprint density at radius 3 is 2.50 bits per heavy atom. The Bertz CT molecular complexity index is 1370. The molecule has 1 N–H and O–H groups in total. The van der Waals surface area contributed by atoms with Crippen molar-refractivity contribution < 1.29 is 19.1 Å². The van der Waals surface area contributed by atoms with E-state index < -0.39 is 5.97 Å². The van der Waals surface area contributed by atoms with Crippen LogP contribution in [0.1, 0.15) is 40.9 Å². The predicted molar refractivity (Wildman–Crippen MR) is 144 cm³/mol. The Kier molecular flexibility index (Phi) is 6.69. The summed E-state index contributed by atoms with van der Waals surface area (Å²) in [6.07, 6.45) is 5.48. The predicted octanol–water partition coefficient (Wildman–Crippen LogP) is 6.18. The van der Waals surface area contributed by atoms with E-state index in [1.807, 2.05) is 25.1 Å². The van der Waals surface area contributed by atoms with E-state index in [-0.39, 0.29) is 11.5 Å². The quantitative estimate of drug-likeness (QED) is 0.420. The number of furan rings is 1. The first-order valence-electron chi connectivity index (χ1n) is 11.9. The number of piperidine rings is 1. The Balaban J connectivity index is 1.32. The molecule has 36 heavy (non-hydrogen) atoms. The molecule has 2 aliphatic heterocycles. The summed E-state index contributed by atoms with van der Waals surface area (Å²) in [5.74, 6) is 0.0558. The molecule has 0 spiro atoms. The monoisotopic (exact) mass is 501 g/mol. The van der Waals surface area contributed by atoms with Gasteiger partial charge in [0.2, 0.25) is 0 Å². The topological polar surface area (TPSA) is 86.4 Å². The van der Waals surface area contributed by atoms with Crippen LogP contribution in [0, 0.1) is 6.92 Å². The maximum absolute atomic E-state index is 12.9. The van der Waals surface area contributed by atoms with Crippen LogP contribution in [0.4, 0.5) is 11.4 Å². The molecule has 0 unspecified atom stereocenters. The second-order valence-corrected chi connectivity index (χ2v) is 9.98. The molecule has 0 bridgehead atoms. The van der Waals surface area contributed by atoms with E-state index in [9.17, 15) is 14.7 Å². The molecule has 3 aromatic rings. The summed E-state index contributed by atoms with van der Waals surface area (Å²) in [6.45, 7) is 4.03. The minimum Gasteiger partial charge on any atom is -0.478 e. The van der Waals surface area contributed by atoms with Crippen LogP contribution in [0.25, 0.3) is 17.4 Å². The van der Waals surface area contributed by atoms with Crippen LogP contribution in [0.5, 0.6) is 0 Å². The van der Waals surface area contributed by atoms with Gasteiger partial charge < -0.3 is 14.4 Å². The van der Waals surface area contributed by atoms with E-state index in [4.69, 9.17) is 9.41 Å². The molecule has 0 radical (unpaired) electrons. The lowest BCUT2D eigenvalue weighted by atomic mass is 10.0. The number of nitrogens with zero attached hydrogens (tertiary/aromatic N) is 3. The fraction of sp³-hybridized carbons (Fsp3) is 0.250. The van der Waals surface area contributed by atoms with Crippen LogP contribution in [-0.2, 0) is 4.79 Å². The third kappa shape index (κ3) is 4.95. The molecule has 184 valence electrons. The number of carbonyl (C=O) groups is 2. The van der Waals surface area contributed by atoms with E-state index in [0.29, 0.717) is 21.6 Å². The zero-order valence-corrected chi connectivity index (χ0v) is 21.0. The summed E-state index contributed by atoms with van der Waals surface area (Å²) < 4.78 is 5.97.